The van der Waals surface area contributed by atoms with E-state index in [0.29, 0.717) is 19.3 Å². The number of aliphatic hydroxyl groups is 2. The van der Waals surface area contributed by atoms with Gasteiger partial charge in [-0.1, -0.05) is 0 Å². The van der Waals surface area contributed by atoms with Crippen molar-refractivity contribution in [1.82, 2.24) is 0 Å². The Morgan fingerprint density at radius 1 is 1.55 bits per heavy atom. The molecule has 0 bridgehead atoms. The molecule has 4 nitrogen and oxygen atoms in total. The molecule has 0 aliphatic carbocycles. The zero-order valence-corrected chi connectivity index (χ0v) is 6.25. The van der Waals surface area contributed by atoms with Crippen LogP contribution in [0.1, 0.15) is 19.3 Å². The minimum atomic E-state index is -0.786. The molecule has 0 aromatic heterocycles. The molecule has 0 aromatic carbocycles. The predicted molar refractivity (Wildman–Crippen MR) is 36.8 cm³/mol. The Kier molecular flexibility index (Phi) is 2.46. The largest absolute Gasteiger partial charge is 0.456 e. The highest BCUT2D eigenvalue weighted by molar-refractivity contribution is 5.72. The fraction of sp³-hybridized carbons (Fsp3) is 0.857. The molecule has 1 heterocycles. The van der Waals surface area contributed by atoms with Crippen molar-refractivity contribution in [2.45, 2.75) is 24.9 Å². The Labute approximate surface area is 64.8 Å². The number of cyclic esters (lactones) is 1. The van der Waals surface area contributed by atoms with Gasteiger partial charge in [-0.2, -0.15) is 0 Å². The minimum absolute atomic E-state index is 0.0617. The van der Waals surface area contributed by atoms with Gasteiger partial charge in [0.2, 0.25) is 0 Å². The molecule has 1 fully saturated rings. The number of rotatable bonds is 3. The van der Waals surface area contributed by atoms with Gasteiger partial charge in [0, 0.05) is 19.4 Å². The average Bonchev–Trinajstić information content (AvgIpc) is 2.34. The molecular weight excluding hydrogens is 148 g/mol. The van der Waals surface area contributed by atoms with Crippen molar-refractivity contribution in [3.05, 3.63) is 0 Å². The highest BCUT2D eigenvalue weighted by Gasteiger charge is 2.39. The van der Waals surface area contributed by atoms with E-state index in [9.17, 15) is 4.79 Å². The number of hydrogen-bond acceptors (Lipinski definition) is 4. The van der Waals surface area contributed by atoms with Crippen LogP contribution in [0, 0.1) is 0 Å². The second kappa shape index (κ2) is 3.19. The van der Waals surface area contributed by atoms with Crippen molar-refractivity contribution in [1.29, 1.82) is 0 Å². The summed E-state index contributed by atoms with van der Waals surface area (Å²) >= 11 is 0. The van der Waals surface area contributed by atoms with Crippen LogP contribution in [0.25, 0.3) is 0 Å². The van der Waals surface area contributed by atoms with Crippen LogP contribution in [-0.2, 0) is 9.53 Å². The topological polar surface area (TPSA) is 66.8 Å². The standard InChI is InChI=1S/C7H12O4/c8-4-3-7(5-9)2-1-6(10)11-7/h8-9H,1-5H2/t7-/m1/s1. The van der Waals surface area contributed by atoms with Gasteiger partial charge >= 0.3 is 5.97 Å². The predicted octanol–water partition coefficient (Wildman–Crippen LogP) is -0.563. The molecule has 0 radical (unpaired) electrons. The van der Waals surface area contributed by atoms with Crippen molar-refractivity contribution in [2.75, 3.05) is 13.2 Å². The van der Waals surface area contributed by atoms with Gasteiger partial charge in [-0.3, -0.25) is 4.79 Å². The molecule has 0 amide bonds. The number of carbonyl (C=O) groups excluding carboxylic acids is 1. The van der Waals surface area contributed by atoms with Crippen LogP contribution in [-0.4, -0.2) is 35.0 Å². The lowest BCUT2D eigenvalue weighted by Crippen LogP contribution is -2.34. The third kappa shape index (κ3) is 1.70. The van der Waals surface area contributed by atoms with Gasteiger partial charge in [-0.25, -0.2) is 0 Å². The monoisotopic (exact) mass is 160 g/mol. The fourth-order valence-electron chi connectivity index (χ4n) is 1.24. The average molecular weight is 160 g/mol. The number of aliphatic hydroxyl groups excluding tert-OH is 2. The first-order valence-electron chi connectivity index (χ1n) is 3.66. The maximum atomic E-state index is 10.7. The summed E-state index contributed by atoms with van der Waals surface area (Å²) in [6.45, 7) is -0.257. The first kappa shape index (κ1) is 8.49. The molecule has 4 heteroatoms. The van der Waals surface area contributed by atoms with Crippen LogP contribution in [0.5, 0.6) is 0 Å². The smallest absolute Gasteiger partial charge is 0.306 e. The first-order valence-corrected chi connectivity index (χ1v) is 3.66. The molecule has 11 heavy (non-hydrogen) atoms. The van der Waals surface area contributed by atoms with E-state index in [1.54, 1.807) is 0 Å². The molecule has 0 saturated carbocycles. The minimum Gasteiger partial charge on any atom is -0.456 e. The van der Waals surface area contributed by atoms with E-state index >= 15 is 0 Å². The van der Waals surface area contributed by atoms with E-state index in [-0.39, 0.29) is 19.2 Å². The zero-order valence-electron chi connectivity index (χ0n) is 6.25. The quantitative estimate of drug-likeness (QED) is 0.543. The van der Waals surface area contributed by atoms with Crippen LogP contribution in [0.2, 0.25) is 0 Å². The van der Waals surface area contributed by atoms with Crippen LogP contribution in [0.3, 0.4) is 0 Å². The third-order valence-corrected chi connectivity index (χ3v) is 1.97. The second-order valence-electron chi connectivity index (χ2n) is 2.79. The molecule has 1 aliphatic rings. The van der Waals surface area contributed by atoms with Gasteiger partial charge in [0.25, 0.3) is 0 Å². The van der Waals surface area contributed by atoms with Gasteiger partial charge in [0.1, 0.15) is 5.60 Å². The summed E-state index contributed by atoms with van der Waals surface area (Å²) in [5.41, 5.74) is -0.786. The molecule has 64 valence electrons. The van der Waals surface area contributed by atoms with Crippen LogP contribution in [0.4, 0.5) is 0 Å². The van der Waals surface area contributed by atoms with E-state index in [2.05, 4.69) is 0 Å². The lowest BCUT2D eigenvalue weighted by molar-refractivity contribution is -0.152. The summed E-state index contributed by atoms with van der Waals surface area (Å²) in [6, 6.07) is 0. The molecule has 2 N–H and O–H groups in total. The summed E-state index contributed by atoms with van der Waals surface area (Å²) in [4.78, 5) is 10.7. The summed E-state index contributed by atoms with van der Waals surface area (Å²) < 4.78 is 4.89. The van der Waals surface area contributed by atoms with Crippen LogP contribution < -0.4 is 0 Å². The van der Waals surface area contributed by atoms with Crippen LogP contribution in [0.15, 0.2) is 0 Å². The Balaban J connectivity index is 2.54. The van der Waals surface area contributed by atoms with Gasteiger partial charge in [0.15, 0.2) is 0 Å². The van der Waals surface area contributed by atoms with E-state index in [1.165, 1.54) is 0 Å². The molecule has 1 atom stereocenters. The highest BCUT2D eigenvalue weighted by Crippen LogP contribution is 2.28. The first-order chi connectivity index (χ1) is 5.22. The fourth-order valence-corrected chi connectivity index (χ4v) is 1.24. The molecule has 1 rings (SSSR count). The third-order valence-electron chi connectivity index (χ3n) is 1.97. The summed E-state index contributed by atoms with van der Waals surface area (Å²) in [5, 5.41) is 17.5. The summed E-state index contributed by atoms with van der Waals surface area (Å²) in [6.07, 6.45) is 1.19. The van der Waals surface area contributed by atoms with Gasteiger partial charge in [0.05, 0.1) is 6.61 Å². The Morgan fingerprint density at radius 2 is 2.27 bits per heavy atom. The van der Waals surface area contributed by atoms with Crippen molar-refractivity contribution < 1.29 is 19.7 Å². The maximum Gasteiger partial charge on any atom is 0.306 e. The molecular formula is C7H12O4. The lowest BCUT2D eigenvalue weighted by atomic mass is 9.98. The van der Waals surface area contributed by atoms with Crippen molar-refractivity contribution in [3.8, 4) is 0 Å². The van der Waals surface area contributed by atoms with Gasteiger partial charge < -0.3 is 14.9 Å². The van der Waals surface area contributed by atoms with Gasteiger partial charge in [-0.05, 0) is 6.42 Å². The van der Waals surface area contributed by atoms with Crippen molar-refractivity contribution >= 4 is 5.97 Å². The SMILES string of the molecule is O=C1CC[C@](CO)(CCO)O1. The number of hydrogen-bond donors (Lipinski definition) is 2. The normalized spacial score (nSPS) is 30.5. The lowest BCUT2D eigenvalue weighted by Gasteiger charge is -2.23. The van der Waals surface area contributed by atoms with Crippen molar-refractivity contribution in [3.63, 3.8) is 0 Å². The van der Waals surface area contributed by atoms with E-state index in [4.69, 9.17) is 14.9 Å². The van der Waals surface area contributed by atoms with E-state index in [0.717, 1.165) is 0 Å². The number of carbonyl (C=O) groups is 1. The Hall–Kier alpha value is -0.610. The summed E-state index contributed by atoms with van der Waals surface area (Å²) in [7, 11) is 0. The van der Waals surface area contributed by atoms with Crippen molar-refractivity contribution in [2.24, 2.45) is 0 Å². The maximum absolute atomic E-state index is 10.7. The molecule has 0 spiro atoms. The zero-order chi connectivity index (χ0) is 8.32. The highest BCUT2D eigenvalue weighted by atomic mass is 16.6. The number of ether oxygens (including phenoxy) is 1. The number of esters is 1. The Morgan fingerprint density at radius 3 is 2.64 bits per heavy atom. The molecule has 1 saturated heterocycles. The molecule has 1 aliphatic heterocycles. The van der Waals surface area contributed by atoms with E-state index < -0.39 is 5.60 Å². The van der Waals surface area contributed by atoms with Gasteiger partial charge in [-0.15, -0.1) is 0 Å². The molecule has 0 unspecified atom stereocenters. The van der Waals surface area contributed by atoms with Crippen LogP contribution >= 0.6 is 0 Å². The second-order valence-corrected chi connectivity index (χ2v) is 2.79. The van der Waals surface area contributed by atoms with E-state index in [1.807, 2.05) is 0 Å². The Bertz CT molecular complexity index is 157. The molecule has 0 aromatic rings. The summed E-state index contributed by atoms with van der Waals surface area (Å²) in [5.74, 6) is -0.285.